The molecular formula is C13H15FN2O2. The van der Waals surface area contributed by atoms with Crippen molar-refractivity contribution in [1.82, 2.24) is 0 Å². The van der Waals surface area contributed by atoms with Crippen LogP contribution in [0.5, 0.6) is 0 Å². The van der Waals surface area contributed by atoms with Gasteiger partial charge in [-0.25, -0.2) is 4.39 Å². The first-order valence-corrected chi connectivity index (χ1v) is 5.62. The smallest absolute Gasteiger partial charge is 0.308 e. The number of rotatable bonds is 5. The number of nitrogens with one attached hydrogen (secondary N) is 1. The Morgan fingerprint density at radius 3 is 2.72 bits per heavy atom. The topological polar surface area (TPSA) is 73.1 Å². The maximum atomic E-state index is 12.9. The average molecular weight is 250 g/mol. The molecule has 5 heteroatoms. The fourth-order valence-corrected chi connectivity index (χ4v) is 1.59. The maximum absolute atomic E-state index is 12.9. The summed E-state index contributed by atoms with van der Waals surface area (Å²) in [5.41, 5.74) is 0.619. The van der Waals surface area contributed by atoms with E-state index in [-0.39, 0.29) is 18.0 Å². The lowest BCUT2D eigenvalue weighted by atomic mass is 9.96. The molecule has 1 aromatic carbocycles. The molecule has 96 valence electrons. The standard InChI is InChI=1S/C13H15FN2O2/c1-8(2)11(13(17)18)7-16-12-4-3-10(14)5-9(12)6-15/h3-5,8,11,16H,7H2,1-2H3,(H,17,18). The molecule has 1 atom stereocenters. The Labute approximate surface area is 105 Å². The van der Waals surface area contributed by atoms with E-state index in [4.69, 9.17) is 10.4 Å². The summed E-state index contributed by atoms with van der Waals surface area (Å²) in [6, 6.07) is 5.66. The highest BCUT2D eigenvalue weighted by atomic mass is 19.1. The molecule has 0 spiro atoms. The van der Waals surface area contributed by atoms with Crippen LogP contribution in [0.15, 0.2) is 18.2 Å². The van der Waals surface area contributed by atoms with Crippen molar-refractivity contribution in [1.29, 1.82) is 5.26 Å². The SMILES string of the molecule is CC(C)C(CNc1ccc(F)cc1C#N)C(=O)O. The number of carboxylic acid groups (broad SMARTS) is 1. The first-order valence-electron chi connectivity index (χ1n) is 5.62. The van der Waals surface area contributed by atoms with Gasteiger partial charge in [0.15, 0.2) is 0 Å². The van der Waals surface area contributed by atoms with E-state index >= 15 is 0 Å². The van der Waals surface area contributed by atoms with E-state index in [1.807, 2.05) is 19.9 Å². The number of nitrogens with zero attached hydrogens (tertiary/aromatic N) is 1. The number of benzene rings is 1. The molecule has 4 nitrogen and oxygen atoms in total. The Morgan fingerprint density at radius 2 is 2.22 bits per heavy atom. The minimum absolute atomic E-state index is 0.0269. The minimum Gasteiger partial charge on any atom is -0.481 e. The summed E-state index contributed by atoms with van der Waals surface area (Å²) in [5, 5.41) is 20.8. The number of hydrogen-bond acceptors (Lipinski definition) is 3. The number of nitriles is 1. The van der Waals surface area contributed by atoms with Crippen LogP contribution >= 0.6 is 0 Å². The van der Waals surface area contributed by atoms with E-state index < -0.39 is 17.7 Å². The third-order valence-electron chi connectivity index (χ3n) is 2.74. The van der Waals surface area contributed by atoms with Crippen LogP contribution in [0.3, 0.4) is 0 Å². The van der Waals surface area contributed by atoms with Gasteiger partial charge in [0, 0.05) is 6.54 Å². The molecule has 18 heavy (non-hydrogen) atoms. The molecule has 2 N–H and O–H groups in total. The van der Waals surface area contributed by atoms with E-state index in [1.54, 1.807) is 0 Å². The highest BCUT2D eigenvalue weighted by molar-refractivity contribution is 5.71. The lowest BCUT2D eigenvalue weighted by molar-refractivity contribution is -0.142. The fraction of sp³-hybridized carbons (Fsp3) is 0.385. The van der Waals surface area contributed by atoms with Crippen molar-refractivity contribution in [2.24, 2.45) is 11.8 Å². The predicted octanol–water partition coefficient (Wildman–Crippen LogP) is 2.47. The Morgan fingerprint density at radius 1 is 1.56 bits per heavy atom. The Hall–Kier alpha value is -2.09. The van der Waals surface area contributed by atoms with Gasteiger partial charge in [-0.3, -0.25) is 4.79 Å². The molecule has 0 radical (unpaired) electrons. The van der Waals surface area contributed by atoms with Crippen molar-refractivity contribution in [3.05, 3.63) is 29.6 Å². The van der Waals surface area contributed by atoms with Crippen LogP contribution in [0.1, 0.15) is 19.4 Å². The van der Waals surface area contributed by atoms with E-state index in [0.29, 0.717) is 5.69 Å². The molecule has 0 amide bonds. The molecule has 1 aromatic rings. The first-order chi connectivity index (χ1) is 8.45. The molecule has 1 unspecified atom stereocenters. The molecule has 0 aromatic heterocycles. The van der Waals surface area contributed by atoms with E-state index in [2.05, 4.69) is 5.32 Å². The lowest BCUT2D eigenvalue weighted by Crippen LogP contribution is -2.27. The zero-order valence-electron chi connectivity index (χ0n) is 10.3. The van der Waals surface area contributed by atoms with Crippen LogP contribution in [0.4, 0.5) is 10.1 Å². The Balaban J connectivity index is 2.80. The molecule has 0 bridgehead atoms. The van der Waals surface area contributed by atoms with Crippen LogP contribution < -0.4 is 5.32 Å². The van der Waals surface area contributed by atoms with Gasteiger partial charge < -0.3 is 10.4 Å². The van der Waals surface area contributed by atoms with Gasteiger partial charge in [-0.15, -0.1) is 0 Å². The number of carboxylic acids is 1. The van der Waals surface area contributed by atoms with Gasteiger partial charge in [0.05, 0.1) is 17.2 Å². The molecule has 0 saturated carbocycles. The summed E-state index contributed by atoms with van der Waals surface area (Å²) in [6.45, 7) is 3.83. The third-order valence-corrected chi connectivity index (χ3v) is 2.74. The fourth-order valence-electron chi connectivity index (χ4n) is 1.59. The van der Waals surface area contributed by atoms with Crippen LogP contribution in [0, 0.1) is 29.0 Å². The summed E-state index contributed by atoms with van der Waals surface area (Å²) in [6.07, 6.45) is 0. The van der Waals surface area contributed by atoms with Crippen LogP contribution in [0.2, 0.25) is 0 Å². The quantitative estimate of drug-likeness (QED) is 0.842. The first kappa shape index (κ1) is 14.0. The molecular weight excluding hydrogens is 235 g/mol. The summed E-state index contributed by atoms with van der Waals surface area (Å²) in [5.74, 6) is -1.96. The van der Waals surface area contributed by atoms with Gasteiger partial charge in [-0.05, 0) is 24.1 Å². The van der Waals surface area contributed by atoms with Crippen molar-refractivity contribution in [3.63, 3.8) is 0 Å². The number of anilines is 1. The van der Waals surface area contributed by atoms with Gasteiger partial charge in [0.25, 0.3) is 0 Å². The highest BCUT2D eigenvalue weighted by Gasteiger charge is 2.21. The molecule has 0 aliphatic heterocycles. The normalized spacial score (nSPS) is 11.9. The van der Waals surface area contributed by atoms with E-state index in [0.717, 1.165) is 6.07 Å². The van der Waals surface area contributed by atoms with Crippen LogP contribution in [-0.4, -0.2) is 17.6 Å². The maximum Gasteiger partial charge on any atom is 0.308 e. The van der Waals surface area contributed by atoms with Crippen molar-refractivity contribution in [2.75, 3.05) is 11.9 Å². The third kappa shape index (κ3) is 3.45. The van der Waals surface area contributed by atoms with Crippen molar-refractivity contribution >= 4 is 11.7 Å². The minimum atomic E-state index is -0.891. The Kier molecular flexibility index (Phi) is 4.67. The summed E-state index contributed by atoms with van der Waals surface area (Å²) < 4.78 is 12.9. The molecule has 1 rings (SSSR count). The second kappa shape index (κ2) is 6.01. The zero-order valence-corrected chi connectivity index (χ0v) is 10.3. The number of carbonyl (C=O) groups is 1. The molecule has 0 aliphatic carbocycles. The van der Waals surface area contributed by atoms with Crippen LogP contribution in [-0.2, 0) is 4.79 Å². The van der Waals surface area contributed by atoms with Crippen molar-refractivity contribution in [2.45, 2.75) is 13.8 Å². The summed E-state index contributed by atoms with van der Waals surface area (Å²) >= 11 is 0. The summed E-state index contributed by atoms with van der Waals surface area (Å²) in [4.78, 5) is 11.0. The molecule has 0 heterocycles. The molecule has 0 aliphatic rings. The zero-order chi connectivity index (χ0) is 13.7. The Bertz CT molecular complexity index is 480. The molecule has 0 saturated heterocycles. The average Bonchev–Trinajstić information content (AvgIpc) is 2.30. The van der Waals surface area contributed by atoms with Gasteiger partial charge in [-0.1, -0.05) is 13.8 Å². The number of aliphatic carboxylic acids is 1. The highest BCUT2D eigenvalue weighted by Crippen LogP contribution is 2.18. The van der Waals surface area contributed by atoms with E-state index in [1.165, 1.54) is 12.1 Å². The van der Waals surface area contributed by atoms with Gasteiger partial charge >= 0.3 is 5.97 Å². The lowest BCUT2D eigenvalue weighted by Gasteiger charge is -2.18. The second-order valence-corrected chi connectivity index (χ2v) is 4.37. The summed E-state index contributed by atoms with van der Waals surface area (Å²) in [7, 11) is 0. The number of hydrogen-bond donors (Lipinski definition) is 2. The van der Waals surface area contributed by atoms with E-state index in [9.17, 15) is 9.18 Å². The molecule has 0 fully saturated rings. The van der Waals surface area contributed by atoms with Gasteiger partial charge in [0.1, 0.15) is 11.9 Å². The second-order valence-electron chi connectivity index (χ2n) is 4.37. The van der Waals surface area contributed by atoms with Crippen molar-refractivity contribution < 1.29 is 14.3 Å². The van der Waals surface area contributed by atoms with Gasteiger partial charge in [-0.2, -0.15) is 5.26 Å². The van der Waals surface area contributed by atoms with Crippen molar-refractivity contribution in [3.8, 4) is 6.07 Å². The predicted molar refractivity (Wildman–Crippen MR) is 65.6 cm³/mol. The monoisotopic (exact) mass is 250 g/mol. The van der Waals surface area contributed by atoms with Gasteiger partial charge in [0.2, 0.25) is 0 Å². The largest absolute Gasteiger partial charge is 0.481 e. The van der Waals surface area contributed by atoms with Crippen LogP contribution in [0.25, 0.3) is 0 Å². The number of halogens is 1.